The van der Waals surface area contributed by atoms with E-state index < -0.39 is 11.5 Å². The maximum Gasteiger partial charge on any atom is 0.410 e. The highest BCUT2D eigenvalue weighted by atomic mass is 16.6. The molecule has 2 rings (SSSR count). The molecule has 0 radical (unpaired) electrons. The molecule has 138 valence electrons. The van der Waals surface area contributed by atoms with Crippen molar-refractivity contribution in [3.05, 3.63) is 29.3 Å². The molecule has 3 N–H and O–H groups in total. The maximum atomic E-state index is 12.2. The fraction of sp³-hybridized carbons (Fsp3) is 0.579. The van der Waals surface area contributed by atoms with Gasteiger partial charge in [-0.25, -0.2) is 4.79 Å². The van der Waals surface area contributed by atoms with Gasteiger partial charge in [-0.15, -0.1) is 0 Å². The molecule has 0 aliphatic carbocycles. The zero-order valence-electron chi connectivity index (χ0n) is 15.6. The van der Waals surface area contributed by atoms with Crippen molar-refractivity contribution in [2.45, 2.75) is 46.1 Å². The molecule has 6 nitrogen and oxygen atoms in total. The van der Waals surface area contributed by atoms with Gasteiger partial charge in [0.25, 0.3) is 0 Å². The highest BCUT2D eigenvalue weighted by Gasteiger charge is 2.27. The molecule has 1 fully saturated rings. The minimum absolute atomic E-state index is 0.246. The van der Waals surface area contributed by atoms with Crippen LogP contribution in [-0.2, 0) is 4.74 Å². The number of ether oxygens (including phenoxy) is 1. The molecular formula is C19H29N3O3. The number of carbonyl (C=O) groups excluding carboxylic acids is 2. The number of hydrogen-bond donors (Lipinski definition) is 2. The molecule has 1 heterocycles. The van der Waals surface area contributed by atoms with E-state index in [-0.39, 0.29) is 6.09 Å². The van der Waals surface area contributed by atoms with Gasteiger partial charge < -0.3 is 20.7 Å². The lowest BCUT2D eigenvalue weighted by molar-refractivity contribution is 0.0172. The number of amides is 2. The Morgan fingerprint density at radius 3 is 2.72 bits per heavy atom. The van der Waals surface area contributed by atoms with Gasteiger partial charge >= 0.3 is 6.09 Å². The third-order valence-corrected chi connectivity index (χ3v) is 4.35. The molecule has 1 aliphatic rings. The van der Waals surface area contributed by atoms with Crippen LogP contribution in [0, 0.1) is 12.8 Å². The van der Waals surface area contributed by atoms with Crippen LogP contribution in [0.2, 0.25) is 0 Å². The smallest absolute Gasteiger partial charge is 0.410 e. The van der Waals surface area contributed by atoms with Gasteiger partial charge in [-0.05, 0) is 64.2 Å². The van der Waals surface area contributed by atoms with Crippen molar-refractivity contribution >= 4 is 17.7 Å². The predicted molar refractivity (Wildman–Crippen MR) is 98.7 cm³/mol. The number of benzene rings is 1. The number of hydrogen-bond acceptors (Lipinski definition) is 4. The number of piperidine rings is 1. The van der Waals surface area contributed by atoms with Crippen LogP contribution >= 0.6 is 0 Å². The summed E-state index contributed by atoms with van der Waals surface area (Å²) in [6.45, 7) is 9.67. The van der Waals surface area contributed by atoms with E-state index in [0.29, 0.717) is 18.0 Å². The van der Waals surface area contributed by atoms with Gasteiger partial charge in [0.15, 0.2) is 0 Å². The molecule has 6 heteroatoms. The molecule has 1 unspecified atom stereocenters. The van der Waals surface area contributed by atoms with E-state index >= 15 is 0 Å². The Balaban J connectivity index is 1.94. The Morgan fingerprint density at radius 1 is 1.36 bits per heavy atom. The second kappa shape index (κ2) is 7.76. The van der Waals surface area contributed by atoms with E-state index in [4.69, 9.17) is 10.5 Å². The van der Waals surface area contributed by atoms with Crippen LogP contribution in [0.3, 0.4) is 0 Å². The lowest BCUT2D eigenvalue weighted by Crippen LogP contribution is -2.44. The van der Waals surface area contributed by atoms with Gasteiger partial charge in [-0.1, -0.05) is 6.07 Å². The Bertz CT molecular complexity index is 637. The van der Waals surface area contributed by atoms with Crippen LogP contribution in [0.25, 0.3) is 0 Å². The van der Waals surface area contributed by atoms with Gasteiger partial charge in [-0.3, -0.25) is 4.79 Å². The molecule has 0 bridgehead atoms. The third kappa shape index (κ3) is 5.37. The average molecular weight is 347 g/mol. The highest BCUT2D eigenvalue weighted by molar-refractivity contribution is 5.95. The first-order valence-electron chi connectivity index (χ1n) is 8.78. The number of nitrogens with zero attached hydrogens (tertiary/aromatic N) is 1. The van der Waals surface area contributed by atoms with Crippen molar-refractivity contribution in [1.82, 2.24) is 4.90 Å². The minimum Gasteiger partial charge on any atom is -0.444 e. The van der Waals surface area contributed by atoms with Gasteiger partial charge in [0.2, 0.25) is 5.91 Å². The Kier molecular flexibility index (Phi) is 5.93. The number of anilines is 1. The van der Waals surface area contributed by atoms with Crippen molar-refractivity contribution in [3.8, 4) is 0 Å². The van der Waals surface area contributed by atoms with Gasteiger partial charge in [0, 0.05) is 30.9 Å². The molecular weight excluding hydrogens is 318 g/mol. The summed E-state index contributed by atoms with van der Waals surface area (Å²) >= 11 is 0. The maximum absolute atomic E-state index is 12.2. The van der Waals surface area contributed by atoms with E-state index in [2.05, 4.69) is 5.32 Å². The molecule has 0 aromatic heterocycles. The standard InChI is InChI=1S/C19H29N3O3/c1-13-15(17(20)23)8-5-9-16(13)21-11-14-7-6-10-22(12-14)18(24)25-19(2,3)4/h5,8-9,14,21H,6-7,10-12H2,1-4H3,(H2,20,23). The summed E-state index contributed by atoms with van der Waals surface area (Å²) in [7, 11) is 0. The molecule has 0 spiro atoms. The van der Waals surface area contributed by atoms with E-state index in [0.717, 1.165) is 37.2 Å². The van der Waals surface area contributed by atoms with E-state index in [1.807, 2.05) is 39.8 Å². The summed E-state index contributed by atoms with van der Waals surface area (Å²) in [5.74, 6) is -0.0761. The first-order chi connectivity index (χ1) is 11.7. The number of carbonyl (C=O) groups is 2. The van der Waals surface area contributed by atoms with Crippen LogP contribution in [0.5, 0.6) is 0 Å². The molecule has 1 aromatic carbocycles. The number of likely N-dealkylation sites (tertiary alicyclic amines) is 1. The van der Waals surface area contributed by atoms with E-state index in [1.165, 1.54) is 0 Å². The Hall–Kier alpha value is -2.24. The summed E-state index contributed by atoms with van der Waals surface area (Å²) in [4.78, 5) is 25.5. The largest absolute Gasteiger partial charge is 0.444 e. The van der Waals surface area contributed by atoms with E-state index in [9.17, 15) is 9.59 Å². The molecule has 1 saturated heterocycles. The second-order valence-corrected chi connectivity index (χ2v) is 7.66. The normalized spacial score (nSPS) is 17.9. The second-order valence-electron chi connectivity index (χ2n) is 7.66. The van der Waals surface area contributed by atoms with Crippen LogP contribution in [-0.4, -0.2) is 42.1 Å². The quantitative estimate of drug-likeness (QED) is 0.876. The summed E-state index contributed by atoms with van der Waals surface area (Å²) in [5, 5.41) is 3.40. The summed E-state index contributed by atoms with van der Waals surface area (Å²) in [6, 6.07) is 5.49. The number of primary amides is 1. The van der Waals surface area contributed by atoms with Crippen molar-refractivity contribution < 1.29 is 14.3 Å². The highest BCUT2D eigenvalue weighted by Crippen LogP contribution is 2.22. The SMILES string of the molecule is Cc1c(NCC2CCCN(C(=O)OC(C)(C)C)C2)cccc1C(N)=O. The third-order valence-electron chi connectivity index (χ3n) is 4.35. The van der Waals surface area contributed by atoms with Crippen molar-refractivity contribution in [1.29, 1.82) is 0 Å². The lowest BCUT2D eigenvalue weighted by Gasteiger charge is -2.34. The summed E-state index contributed by atoms with van der Waals surface area (Å²) in [5.41, 5.74) is 7.22. The zero-order chi connectivity index (χ0) is 18.6. The predicted octanol–water partition coefficient (Wildman–Crippen LogP) is 3.15. The van der Waals surface area contributed by atoms with Crippen LogP contribution in [0.15, 0.2) is 18.2 Å². The molecule has 25 heavy (non-hydrogen) atoms. The van der Waals surface area contributed by atoms with Crippen molar-refractivity contribution in [3.63, 3.8) is 0 Å². The van der Waals surface area contributed by atoms with Crippen LogP contribution in [0.4, 0.5) is 10.5 Å². The van der Waals surface area contributed by atoms with Gasteiger partial charge in [0.1, 0.15) is 5.60 Å². The molecule has 1 aliphatic heterocycles. The van der Waals surface area contributed by atoms with E-state index in [1.54, 1.807) is 11.0 Å². The summed E-state index contributed by atoms with van der Waals surface area (Å²) < 4.78 is 5.46. The van der Waals surface area contributed by atoms with Gasteiger partial charge in [0.05, 0.1) is 0 Å². The topological polar surface area (TPSA) is 84.7 Å². The number of nitrogens with two attached hydrogens (primary N) is 1. The van der Waals surface area contributed by atoms with Gasteiger partial charge in [-0.2, -0.15) is 0 Å². The first kappa shape index (κ1) is 19.1. The Morgan fingerprint density at radius 2 is 2.08 bits per heavy atom. The summed E-state index contributed by atoms with van der Waals surface area (Å²) in [6.07, 6.45) is 1.77. The minimum atomic E-state index is -0.478. The first-order valence-corrected chi connectivity index (χ1v) is 8.78. The fourth-order valence-corrected chi connectivity index (χ4v) is 3.07. The van der Waals surface area contributed by atoms with Crippen molar-refractivity contribution in [2.75, 3.05) is 25.0 Å². The molecule has 1 aromatic rings. The number of rotatable bonds is 4. The van der Waals surface area contributed by atoms with Crippen molar-refractivity contribution in [2.24, 2.45) is 11.7 Å². The van der Waals surface area contributed by atoms with Crippen LogP contribution in [0.1, 0.15) is 49.5 Å². The molecule has 0 saturated carbocycles. The fourth-order valence-electron chi connectivity index (χ4n) is 3.07. The monoisotopic (exact) mass is 347 g/mol. The number of nitrogens with one attached hydrogen (secondary N) is 1. The lowest BCUT2D eigenvalue weighted by atomic mass is 9.97. The average Bonchev–Trinajstić information content (AvgIpc) is 2.52. The zero-order valence-corrected chi connectivity index (χ0v) is 15.6. The van der Waals surface area contributed by atoms with Crippen LogP contribution < -0.4 is 11.1 Å². The Labute approximate surface area is 149 Å². The molecule has 1 atom stereocenters. The molecule has 2 amide bonds.